The number of benzene rings is 2. The summed E-state index contributed by atoms with van der Waals surface area (Å²) < 4.78 is 20.0. The van der Waals surface area contributed by atoms with Crippen LogP contribution in [0.1, 0.15) is 24.3 Å². The van der Waals surface area contributed by atoms with E-state index in [4.69, 9.17) is 4.74 Å². The summed E-state index contributed by atoms with van der Waals surface area (Å²) >= 11 is 0. The summed E-state index contributed by atoms with van der Waals surface area (Å²) in [6, 6.07) is 11.9. The van der Waals surface area contributed by atoms with Crippen molar-refractivity contribution in [1.82, 2.24) is 9.78 Å². The molecule has 9 nitrogen and oxygen atoms in total. The molecule has 10 heteroatoms. The average Bonchev–Trinajstić information content (AvgIpc) is 3.23. The molecule has 0 saturated heterocycles. The molecule has 0 atom stereocenters. The fourth-order valence-corrected chi connectivity index (χ4v) is 2.98. The van der Waals surface area contributed by atoms with Gasteiger partial charge in [-0.25, -0.2) is 9.07 Å². The summed E-state index contributed by atoms with van der Waals surface area (Å²) in [5.41, 5.74) is 1.47. The van der Waals surface area contributed by atoms with Crippen molar-refractivity contribution in [3.63, 3.8) is 0 Å². The summed E-state index contributed by atoms with van der Waals surface area (Å²) in [6.07, 6.45) is 1.49. The summed E-state index contributed by atoms with van der Waals surface area (Å²) in [6.45, 7) is 5.70. The predicted molar refractivity (Wildman–Crippen MR) is 114 cm³/mol. The maximum absolute atomic E-state index is 13.4. The van der Waals surface area contributed by atoms with Gasteiger partial charge in [0.25, 0.3) is 5.91 Å². The molecule has 0 bridgehead atoms. The van der Waals surface area contributed by atoms with Crippen LogP contribution in [-0.4, -0.2) is 33.7 Å². The summed E-state index contributed by atoms with van der Waals surface area (Å²) in [4.78, 5) is 25.0. The first-order chi connectivity index (χ1) is 14.9. The third kappa shape index (κ3) is 5.35. The second-order valence-corrected chi connectivity index (χ2v) is 6.56. The smallest absolute Gasteiger partial charge is 0.311 e. The molecule has 2 aromatic carbocycles. The van der Waals surface area contributed by atoms with Gasteiger partial charge in [0.1, 0.15) is 5.82 Å². The molecule has 0 radical (unpaired) electrons. The number of carbonyl (C=O) groups excluding carboxylic acids is 1. The van der Waals surface area contributed by atoms with E-state index in [1.165, 1.54) is 16.9 Å². The Morgan fingerprint density at radius 2 is 1.90 bits per heavy atom. The number of aromatic nitrogens is 2. The number of nitrogens with zero attached hydrogens (tertiary/aromatic N) is 4. The van der Waals surface area contributed by atoms with Gasteiger partial charge < -0.3 is 15.0 Å². The molecule has 3 aromatic rings. The van der Waals surface area contributed by atoms with Crippen LogP contribution >= 0.6 is 0 Å². The van der Waals surface area contributed by atoms with E-state index in [-0.39, 0.29) is 23.9 Å². The Balaban J connectivity index is 1.62. The summed E-state index contributed by atoms with van der Waals surface area (Å²) in [5, 5.41) is 17.9. The van der Waals surface area contributed by atoms with E-state index in [1.54, 1.807) is 0 Å². The van der Waals surface area contributed by atoms with E-state index < -0.39 is 16.6 Å². The van der Waals surface area contributed by atoms with Crippen molar-refractivity contribution in [2.45, 2.75) is 20.6 Å². The lowest BCUT2D eigenvalue weighted by atomic mass is 10.2. The molecule has 162 valence electrons. The van der Waals surface area contributed by atoms with Crippen molar-refractivity contribution in [2.24, 2.45) is 0 Å². The predicted octanol–water partition coefficient (Wildman–Crippen LogP) is 4.07. The van der Waals surface area contributed by atoms with Crippen molar-refractivity contribution >= 4 is 23.0 Å². The molecule has 1 N–H and O–H groups in total. The van der Waals surface area contributed by atoms with Crippen molar-refractivity contribution in [1.29, 1.82) is 0 Å². The second kappa shape index (κ2) is 9.70. The zero-order valence-electron chi connectivity index (χ0n) is 17.1. The Kier molecular flexibility index (Phi) is 6.81. The highest BCUT2D eigenvalue weighted by molar-refractivity contribution is 6.02. The molecule has 0 saturated carbocycles. The van der Waals surface area contributed by atoms with Crippen molar-refractivity contribution < 1.29 is 18.8 Å². The van der Waals surface area contributed by atoms with Crippen molar-refractivity contribution in [3.8, 4) is 5.75 Å². The summed E-state index contributed by atoms with van der Waals surface area (Å²) in [7, 11) is 0. The zero-order chi connectivity index (χ0) is 22.4. The van der Waals surface area contributed by atoms with Crippen LogP contribution in [0.4, 0.5) is 21.5 Å². The first-order valence-electron chi connectivity index (χ1n) is 9.67. The minimum absolute atomic E-state index is 0.144. The number of hydrogen-bond acceptors (Lipinski definition) is 6. The van der Waals surface area contributed by atoms with Gasteiger partial charge in [-0.15, -0.1) is 0 Å². The van der Waals surface area contributed by atoms with Crippen LogP contribution in [0.3, 0.4) is 0 Å². The lowest BCUT2D eigenvalue weighted by molar-refractivity contribution is -0.386. The molecule has 31 heavy (non-hydrogen) atoms. The standard InChI is InChI=1S/C21H22FN5O4/c1-3-25(4-2)17-8-6-16(7-9-17)23-21(28)18-11-12-26(24-18)14-31-20-13-15(22)5-10-19(20)27(29)30/h5-13H,3-4,14H2,1-2H3,(H,23,28). The number of ether oxygens (including phenoxy) is 1. The van der Waals surface area contributed by atoms with Gasteiger partial charge in [-0.1, -0.05) is 0 Å². The maximum atomic E-state index is 13.4. The number of halogens is 1. The first kappa shape index (κ1) is 21.8. The largest absolute Gasteiger partial charge is 0.464 e. The van der Waals surface area contributed by atoms with E-state index in [2.05, 4.69) is 29.2 Å². The molecule has 1 amide bonds. The highest BCUT2D eigenvalue weighted by Crippen LogP contribution is 2.27. The molecule has 0 aliphatic rings. The lowest BCUT2D eigenvalue weighted by Crippen LogP contribution is -2.21. The van der Waals surface area contributed by atoms with Crippen molar-refractivity contribution in [3.05, 3.63) is 76.4 Å². The fraction of sp³-hybridized carbons (Fsp3) is 0.238. The number of amides is 1. The molecule has 0 unspecified atom stereocenters. The van der Waals surface area contributed by atoms with Gasteiger partial charge in [0.2, 0.25) is 5.75 Å². The number of nitro benzene ring substituents is 1. The van der Waals surface area contributed by atoms with Gasteiger partial charge in [-0.2, -0.15) is 5.10 Å². The van der Waals surface area contributed by atoms with Gasteiger partial charge >= 0.3 is 5.69 Å². The Morgan fingerprint density at radius 1 is 1.19 bits per heavy atom. The molecule has 3 rings (SSSR count). The SMILES string of the molecule is CCN(CC)c1ccc(NC(=O)c2ccn(COc3cc(F)ccc3[N+](=O)[O-])n2)cc1. The van der Waals surface area contributed by atoms with Gasteiger partial charge in [0.05, 0.1) is 4.92 Å². The fourth-order valence-electron chi connectivity index (χ4n) is 2.98. The number of nitrogens with one attached hydrogen (secondary N) is 1. The number of anilines is 2. The zero-order valence-corrected chi connectivity index (χ0v) is 17.1. The Bertz CT molecular complexity index is 1060. The van der Waals surface area contributed by atoms with Crippen LogP contribution in [0.5, 0.6) is 5.75 Å². The van der Waals surface area contributed by atoms with E-state index in [0.29, 0.717) is 5.69 Å². The molecule has 1 heterocycles. The first-order valence-corrected chi connectivity index (χ1v) is 9.67. The van der Waals surface area contributed by atoms with Crippen LogP contribution < -0.4 is 15.0 Å². The molecule has 1 aromatic heterocycles. The van der Waals surface area contributed by atoms with Gasteiger partial charge in [0.15, 0.2) is 12.4 Å². The highest BCUT2D eigenvalue weighted by Gasteiger charge is 2.17. The van der Waals surface area contributed by atoms with Crippen LogP contribution in [0, 0.1) is 15.9 Å². The van der Waals surface area contributed by atoms with E-state index in [9.17, 15) is 19.3 Å². The third-order valence-electron chi connectivity index (χ3n) is 4.60. The number of rotatable bonds is 9. The minimum atomic E-state index is -0.664. The maximum Gasteiger partial charge on any atom is 0.311 e. The normalized spacial score (nSPS) is 10.5. The minimum Gasteiger partial charge on any atom is -0.464 e. The van der Waals surface area contributed by atoms with E-state index >= 15 is 0 Å². The summed E-state index contributed by atoms with van der Waals surface area (Å²) in [5.74, 6) is -1.29. The molecule has 0 aliphatic carbocycles. The number of carbonyl (C=O) groups is 1. The highest BCUT2D eigenvalue weighted by atomic mass is 19.1. The third-order valence-corrected chi connectivity index (χ3v) is 4.60. The van der Waals surface area contributed by atoms with Crippen LogP contribution in [0.2, 0.25) is 0 Å². The monoisotopic (exact) mass is 427 g/mol. The number of hydrogen-bond donors (Lipinski definition) is 1. The lowest BCUT2D eigenvalue weighted by Gasteiger charge is -2.21. The molecule has 0 fully saturated rings. The van der Waals surface area contributed by atoms with Crippen molar-refractivity contribution in [2.75, 3.05) is 23.3 Å². The van der Waals surface area contributed by atoms with Crippen LogP contribution in [-0.2, 0) is 6.73 Å². The average molecular weight is 427 g/mol. The molecular formula is C21H22FN5O4. The van der Waals surface area contributed by atoms with Gasteiger partial charge in [-0.3, -0.25) is 14.9 Å². The molecular weight excluding hydrogens is 405 g/mol. The van der Waals surface area contributed by atoms with Crippen LogP contribution in [0.25, 0.3) is 0 Å². The van der Waals surface area contributed by atoms with Crippen LogP contribution in [0.15, 0.2) is 54.7 Å². The topological polar surface area (TPSA) is 103 Å². The Hall–Kier alpha value is -3.95. The number of nitro groups is 1. The van der Waals surface area contributed by atoms with E-state index in [0.717, 1.165) is 37.0 Å². The van der Waals surface area contributed by atoms with Gasteiger partial charge in [0, 0.05) is 42.8 Å². The second-order valence-electron chi connectivity index (χ2n) is 6.56. The Morgan fingerprint density at radius 3 is 2.55 bits per heavy atom. The molecule has 0 spiro atoms. The van der Waals surface area contributed by atoms with Gasteiger partial charge in [-0.05, 0) is 50.2 Å². The van der Waals surface area contributed by atoms with E-state index in [1.807, 2.05) is 24.3 Å². The molecule has 0 aliphatic heterocycles. The Labute approximate surface area is 178 Å². The quantitative estimate of drug-likeness (QED) is 0.408.